The maximum Gasteiger partial charge on any atom is 0.244 e. The van der Waals surface area contributed by atoms with Gasteiger partial charge in [0.2, 0.25) is 10.0 Å². The third kappa shape index (κ3) is 4.54. The van der Waals surface area contributed by atoms with E-state index in [0.29, 0.717) is 37.7 Å². The average Bonchev–Trinajstić information content (AvgIpc) is 2.87. The summed E-state index contributed by atoms with van der Waals surface area (Å²) in [4.78, 5) is 0.315. The van der Waals surface area contributed by atoms with Crippen molar-refractivity contribution in [3.63, 3.8) is 0 Å². The Morgan fingerprint density at radius 2 is 2.05 bits per heavy atom. The van der Waals surface area contributed by atoms with Gasteiger partial charge in [0, 0.05) is 44.7 Å². The van der Waals surface area contributed by atoms with Crippen molar-refractivity contribution >= 4 is 10.0 Å². The van der Waals surface area contributed by atoms with Crippen molar-refractivity contribution in [2.45, 2.75) is 45.2 Å². The van der Waals surface area contributed by atoms with Gasteiger partial charge in [0.05, 0.1) is 6.61 Å². The minimum Gasteiger partial charge on any atom is -0.380 e. The molecule has 0 saturated carbocycles. The van der Waals surface area contributed by atoms with Gasteiger partial charge in [-0.1, -0.05) is 13.8 Å². The number of ether oxygens (including phenoxy) is 1. The molecule has 1 aromatic rings. The molecule has 6 nitrogen and oxygen atoms in total. The Morgan fingerprint density at radius 3 is 2.57 bits per heavy atom. The number of hydrogen-bond acceptors (Lipinski definition) is 4. The van der Waals surface area contributed by atoms with Crippen molar-refractivity contribution in [3.05, 3.63) is 18.0 Å². The molecule has 1 rings (SSSR count). The highest BCUT2D eigenvalue weighted by molar-refractivity contribution is 7.89. The van der Waals surface area contributed by atoms with E-state index in [1.54, 1.807) is 12.3 Å². The van der Waals surface area contributed by atoms with Crippen LogP contribution in [-0.4, -0.2) is 43.6 Å². The van der Waals surface area contributed by atoms with Crippen LogP contribution in [0.1, 0.15) is 32.9 Å². The van der Waals surface area contributed by atoms with Crippen molar-refractivity contribution in [1.82, 2.24) is 8.87 Å². The predicted octanol–water partition coefficient (Wildman–Crippen LogP) is 1.40. The quantitative estimate of drug-likeness (QED) is 0.662. The fraction of sp³-hybridized carbons (Fsp3) is 0.714. The molecular formula is C14H27N3O3S. The SMILES string of the molecule is CCCn1cc(S(=O)(=O)N(CC)CCOCC)cc1CN. The Labute approximate surface area is 127 Å². The minimum atomic E-state index is -3.48. The summed E-state index contributed by atoms with van der Waals surface area (Å²) < 4.78 is 33.9. The molecule has 0 radical (unpaired) electrons. The summed E-state index contributed by atoms with van der Waals surface area (Å²) >= 11 is 0. The molecule has 0 unspecified atom stereocenters. The van der Waals surface area contributed by atoms with Gasteiger partial charge in [-0.3, -0.25) is 0 Å². The van der Waals surface area contributed by atoms with Gasteiger partial charge >= 0.3 is 0 Å². The molecule has 0 fully saturated rings. The number of nitrogens with zero attached hydrogens (tertiary/aromatic N) is 2. The van der Waals surface area contributed by atoms with Crippen LogP contribution >= 0.6 is 0 Å². The molecule has 7 heteroatoms. The molecule has 0 spiro atoms. The van der Waals surface area contributed by atoms with Crippen molar-refractivity contribution in [1.29, 1.82) is 0 Å². The predicted molar refractivity (Wildman–Crippen MR) is 83.5 cm³/mol. The van der Waals surface area contributed by atoms with Crippen LogP contribution in [0, 0.1) is 0 Å². The van der Waals surface area contributed by atoms with Gasteiger partial charge in [0.1, 0.15) is 4.90 Å². The molecule has 1 heterocycles. The number of sulfonamides is 1. The molecule has 2 N–H and O–H groups in total. The van der Waals surface area contributed by atoms with E-state index in [2.05, 4.69) is 6.92 Å². The van der Waals surface area contributed by atoms with E-state index in [4.69, 9.17) is 10.5 Å². The standard InChI is InChI=1S/C14H27N3O3S/c1-4-7-16-12-14(10-13(16)11-15)21(18,19)17(5-2)8-9-20-6-3/h10,12H,4-9,11,15H2,1-3H3. The number of nitrogens with two attached hydrogens (primary N) is 1. The van der Waals surface area contributed by atoms with Gasteiger partial charge < -0.3 is 15.0 Å². The Kier molecular flexibility index (Phi) is 7.37. The Bertz CT molecular complexity index is 526. The van der Waals surface area contributed by atoms with Gasteiger partial charge in [-0.2, -0.15) is 4.31 Å². The molecule has 0 aliphatic rings. The first-order chi connectivity index (χ1) is 10.0. The fourth-order valence-corrected chi connectivity index (χ4v) is 3.69. The van der Waals surface area contributed by atoms with E-state index < -0.39 is 10.0 Å². The van der Waals surface area contributed by atoms with Gasteiger partial charge in [0.15, 0.2) is 0 Å². The molecule has 0 atom stereocenters. The second-order valence-corrected chi connectivity index (χ2v) is 6.70. The molecule has 122 valence electrons. The molecule has 1 aromatic heterocycles. The van der Waals surface area contributed by atoms with Gasteiger partial charge in [-0.25, -0.2) is 8.42 Å². The summed E-state index contributed by atoms with van der Waals surface area (Å²) in [6, 6.07) is 1.67. The maximum atomic E-state index is 12.7. The van der Waals surface area contributed by atoms with Crippen LogP contribution in [0.25, 0.3) is 0 Å². The Balaban J connectivity index is 2.99. The molecule has 0 amide bonds. The van der Waals surface area contributed by atoms with Crippen LogP contribution in [0.2, 0.25) is 0 Å². The zero-order valence-electron chi connectivity index (χ0n) is 13.2. The number of aryl methyl sites for hydroxylation is 1. The fourth-order valence-electron chi connectivity index (χ4n) is 2.20. The number of aromatic nitrogens is 1. The van der Waals surface area contributed by atoms with Crippen LogP contribution in [0.15, 0.2) is 17.2 Å². The Hall–Kier alpha value is -0.890. The average molecular weight is 317 g/mol. The zero-order chi connectivity index (χ0) is 15.9. The summed E-state index contributed by atoms with van der Waals surface area (Å²) in [5.41, 5.74) is 6.54. The first-order valence-electron chi connectivity index (χ1n) is 7.48. The van der Waals surface area contributed by atoms with E-state index in [1.807, 2.05) is 18.4 Å². The van der Waals surface area contributed by atoms with Crippen molar-refractivity contribution in [2.24, 2.45) is 5.73 Å². The molecule has 21 heavy (non-hydrogen) atoms. The lowest BCUT2D eigenvalue weighted by Gasteiger charge is -2.19. The van der Waals surface area contributed by atoms with Gasteiger partial charge in [-0.15, -0.1) is 0 Å². The lowest BCUT2D eigenvalue weighted by Crippen LogP contribution is -2.33. The van der Waals surface area contributed by atoms with Crippen molar-refractivity contribution < 1.29 is 13.2 Å². The molecule has 0 aliphatic heterocycles. The lowest BCUT2D eigenvalue weighted by atomic mass is 10.4. The van der Waals surface area contributed by atoms with Crippen molar-refractivity contribution in [3.8, 4) is 0 Å². The largest absolute Gasteiger partial charge is 0.380 e. The summed E-state index contributed by atoms with van der Waals surface area (Å²) in [7, 11) is -3.48. The van der Waals surface area contributed by atoms with E-state index in [-0.39, 0.29) is 0 Å². The van der Waals surface area contributed by atoms with Crippen molar-refractivity contribution in [2.75, 3.05) is 26.3 Å². The first-order valence-corrected chi connectivity index (χ1v) is 8.92. The molecule has 0 saturated heterocycles. The first kappa shape index (κ1) is 18.2. The molecule has 0 bridgehead atoms. The lowest BCUT2D eigenvalue weighted by molar-refractivity contribution is 0.135. The van der Waals surface area contributed by atoms with Gasteiger partial charge in [-0.05, 0) is 19.4 Å². The van der Waals surface area contributed by atoms with Crippen LogP contribution in [-0.2, 0) is 27.8 Å². The van der Waals surface area contributed by atoms with E-state index in [0.717, 1.165) is 18.7 Å². The molecule has 0 aliphatic carbocycles. The highest BCUT2D eigenvalue weighted by atomic mass is 32.2. The molecule has 0 aromatic carbocycles. The third-order valence-electron chi connectivity index (χ3n) is 3.31. The summed E-state index contributed by atoms with van der Waals surface area (Å²) in [5.74, 6) is 0. The smallest absolute Gasteiger partial charge is 0.244 e. The number of likely N-dealkylation sites (N-methyl/N-ethyl adjacent to an activating group) is 1. The highest BCUT2D eigenvalue weighted by Gasteiger charge is 2.25. The second kappa shape index (κ2) is 8.53. The monoisotopic (exact) mass is 317 g/mol. The second-order valence-electron chi connectivity index (χ2n) is 4.76. The molecular weight excluding hydrogens is 290 g/mol. The Morgan fingerprint density at radius 1 is 1.33 bits per heavy atom. The van der Waals surface area contributed by atoms with Crippen LogP contribution in [0.5, 0.6) is 0 Å². The summed E-state index contributed by atoms with van der Waals surface area (Å²) in [5, 5.41) is 0. The summed E-state index contributed by atoms with van der Waals surface area (Å²) in [6.45, 7) is 8.66. The highest BCUT2D eigenvalue weighted by Crippen LogP contribution is 2.19. The number of rotatable bonds is 10. The normalized spacial score (nSPS) is 12.2. The third-order valence-corrected chi connectivity index (χ3v) is 5.25. The maximum absolute atomic E-state index is 12.7. The zero-order valence-corrected chi connectivity index (χ0v) is 14.0. The van der Waals surface area contributed by atoms with E-state index in [9.17, 15) is 8.42 Å². The van der Waals surface area contributed by atoms with Gasteiger partial charge in [0.25, 0.3) is 0 Å². The topological polar surface area (TPSA) is 77.6 Å². The summed E-state index contributed by atoms with van der Waals surface area (Å²) in [6.07, 6.45) is 2.62. The van der Waals surface area contributed by atoms with E-state index >= 15 is 0 Å². The number of hydrogen-bond donors (Lipinski definition) is 1. The van der Waals surface area contributed by atoms with Crippen LogP contribution in [0.3, 0.4) is 0 Å². The van der Waals surface area contributed by atoms with Crippen LogP contribution in [0.4, 0.5) is 0 Å². The van der Waals surface area contributed by atoms with E-state index in [1.165, 1.54) is 4.31 Å². The minimum absolute atomic E-state index is 0.315. The van der Waals surface area contributed by atoms with Crippen LogP contribution < -0.4 is 5.73 Å².